The minimum atomic E-state index is -0.296. The molecule has 2 aromatic heterocycles. The summed E-state index contributed by atoms with van der Waals surface area (Å²) in [5.41, 5.74) is 3.52. The highest BCUT2D eigenvalue weighted by Gasteiger charge is 2.33. The molecule has 0 spiro atoms. The van der Waals surface area contributed by atoms with Crippen LogP contribution in [0.1, 0.15) is 48.9 Å². The Hall–Kier alpha value is -2.89. The Kier molecular flexibility index (Phi) is 6.49. The molecule has 4 heterocycles. The molecule has 1 N–H and O–H groups in total. The van der Waals surface area contributed by atoms with Crippen molar-refractivity contribution in [2.75, 3.05) is 37.6 Å². The van der Waals surface area contributed by atoms with E-state index in [1.54, 1.807) is 6.26 Å². The van der Waals surface area contributed by atoms with Gasteiger partial charge in [0.15, 0.2) is 0 Å². The summed E-state index contributed by atoms with van der Waals surface area (Å²) in [6, 6.07) is 6.14. The second-order valence-electron chi connectivity index (χ2n) is 8.96. The molecular formula is C24H31N5O3. The lowest BCUT2D eigenvalue weighted by atomic mass is 9.87. The number of furan rings is 1. The van der Waals surface area contributed by atoms with Crippen molar-refractivity contribution in [1.29, 1.82) is 5.26 Å². The van der Waals surface area contributed by atoms with Gasteiger partial charge in [-0.05, 0) is 38.0 Å². The van der Waals surface area contributed by atoms with Gasteiger partial charge < -0.3 is 24.3 Å². The molecular weight excluding hydrogens is 406 g/mol. The smallest absolute Gasteiger partial charge is 0.236 e. The Labute approximate surface area is 189 Å². The van der Waals surface area contributed by atoms with Crippen molar-refractivity contribution in [3.8, 4) is 6.07 Å². The molecule has 2 aromatic rings. The molecule has 1 saturated heterocycles. The second kappa shape index (κ2) is 9.31. The lowest BCUT2D eigenvalue weighted by Crippen LogP contribution is -2.51. The summed E-state index contributed by atoms with van der Waals surface area (Å²) < 4.78 is 11.3. The third kappa shape index (κ3) is 4.64. The number of rotatable bonds is 6. The van der Waals surface area contributed by atoms with Gasteiger partial charge in [-0.1, -0.05) is 6.92 Å². The number of carbonyl (C=O) groups is 1. The van der Waals surface area contributed by atoms with Crippen LogP contribution in [0.5, 0.6) is 0 Å². The van der Waals surface area contributed by atoms with Crippen LogP contribution in [-0.2, 0) is 35.5 Å². The first-order valence-corrected chi connectivity index (χ1v) is 11.3. The van der Waals surface area contributed by atoms with Gasteiger partial charge in [-0.15, -0.1) is 0 Å². The molecule has 1 fully saturated rings. The van der Waals surface area contributed by atoms with E-state index in [1.807, 2.05) is 17.0 Å². The summed E-state index contributed by atoms with van der Waals surface area (Å²) in [5, 5.41) is 13.2. The van der Waals surface area contributed by atoms with E-state index in [1.165, 1.54) is 0 Å². The Morgan fingerprint density at radius 3 is 2.72 bits per heavy atom. The van der Waals surface area contributed by atoms with Gasteiger partial charge >= 0.3 is 0 Å². The van der Waals surface area contributed by atoms with E-state index in [0.29, 0.717) is 51.3 Å². The number of piperazine rings is 1. The van der Waals surface area contributed by atoms with Crippen LogP contribution in [0.2, 0.25) is 0 Å². The van der Waals surface area contributed by atoms with Crippen molar-refractivity contribution in [2.45, 2.75) is 52.4 Å². The highest BCUT2D eigenvalue weighted by molar-refractivity contribution is 5.78. The number of amides is 1. The number of carbonyl (C=O) groups excluding carboxylic acids is 1. The van der Waals surface area contributed by atoms with Gasteiger partial charge in [-0.2, -0.15) is 5.26 Å². The standard InChI is InChI=1S/C24H31N5O3/c1-4-21-20-16-32-24(2,3)12-18(20)19(13-25)23(27-21)29-9-7-28(8-10-29)22(30)15-26-14-17-6-5-11-31-17/h5-6,11,26H,4,7-10,12,14-16H2,1-3H3. The summed E-state index contributed by atoms with van der Waals surface area (Å²) in [6.07, 6.45) is 3.12. The van der Waals surface area contributed by atoms with E-state index in [4.69, 9.17) is 14.1 Å². The molecule has 0 saturated carbocycles. The molecule has 1 amide bonds. The zero-order valence-electron chi connectivity index (χ0n) is 19.1. The van der Waals surface area contributed by atoms with E-state index >= 15 is 0 Å². The zero-order valence-corrected chi connectivity index (χ0v) is 19.1. The average molecular weight is 438 g/mol. The number of anilines is 1. The third-order valence-electron chi connectivity index (χ3n) is 6.22. The molecule has 32 heavy (non-hydrogen) atoms. The first-order chi connectivity index (χ1) is 15.4. The first kappa shape index (κ1) is 22.3. The number of aryl methyl sites for hydroxylation is 1. The lowest BCUT2D eigenvalue weighted by Gasteiger charge is -2.38. The van der Waals surface area contributed by atoms with Crippen LogP contribution in [0.4, 0.5) is 5.82 Å². The average Bonchev–Trinajstić information content (AvgIpc) is 3.31. The molecule has 170 valence electrons. The summed E-state index contributed by atoms with van der Waals surface area (Å²) in [4.78, 5) is 21.5. The maximum Gasteiger partial charge on any atom is 0.236 e. The number of hydrogen-bond donors (Lipinski definition) is 1. The molecule has 2 aliphatic heterocycles. The van der Waals surface area contributed by atoms with Crippen LogP contribution < -0.4 is 10.2 Å². The van der Waals surface area contributed by atoms with Crippen molar-refractivity contribution < 1.29 is 13.9 Å². The number of pyridine rings is 1. The quantitative estimate of drug-likeness (QED) is 0.741. The molecule has 8 nitrogen and oxygen atoms in total. The van der Waals surface area contributed by atoms with Crippen molar-refractivity contribution in [2.24, 2.45) is 0 Å². The Morgan fingerprint density at radius 2 is 2.06 bits per heavy atom. The molecule has 0 aromatic carbocycles. The fourth-order valence-electron chi connectivity index (χ4n) is 4.45. The minimum Gasteiger partial charge on any atom is -0.468 e. The van der Waals surface area contributed by atoms with Crippen molar-refractivity contribution in [3.63, 3.8) is 0 Å². The summed E-state index contributed by atoms with van der Waals surface area (Å²) in [7, 11) is 0. The fourth-order valence-corrected chi connectivity index (χ4v) is 4.45. The second-order valence-corrected chi connectivity index (χ2v) is 8.96. The number of nitriles is 1. The Balaban J connectivity index is 1.44. The van der Waals surface area contributed by atoms with Gasteiger partial charge in [-0.25, -0.2) is 4.98 Å². The van der Waals surface area contributed by atoms with Crippen LogP contribution in [0.25, 0.3) is 0 Å². The highest BCUT2D eigenvalue weighted by atomic mass is 16.5. The van der Waals surface area contributed by atoms with E-state index in [2.05, 4.69) is 37.1 Å². The Morgan fingerprint density at radius 1 is 1.28 bits per heavy atom. The van der Waals surface area contributed by atoms with Crippen LogP contribution in [-0.4, -0.2) is 54.1 Å². The largest absolute Gasteiger partial charge is 0.468 e. The van der Waals surface area contributed by atoms with E-state index in [0.717, 1.165) is 34.8 Å². The number of nitrogens with zero attached hydrogens (tertiary/aromatic N) is 4. The van der Waals surface area contributed by atoms with Crippen LogP contribution in [0.15, 0.2) is 22.8 Å². The monoisotopic (exact) mass is 437 g/mol. The van der Waals surface area contributed by atoms with Crippen molar-refractivity contribution in [1.82, 2.24) is 15.2 Å². The predicted molar refractivity (Wildman–Crippen MR) is 120 cm³/mol. The van der Waals surface area contributed by atoms with Gasteiger partial charge in [0, 0.05) is 43.9 Å². The molecule has 0 bridgehead atoms. The molecule has 8 heteroatoms. The normalized spacial score (nSPS) is 17.7. The van der Waals surface area contributed by atoms with Gasteiger partial charge in [-0.3, -0.25) is 4.79 Å². The third-order valence-corrected chi connectivity index (χ3v) is 6.22. The Bertz CT molecular complexity index is 1000. The SMILES string of the molecule is CCc1nc(N2CCN(C(=O)CNCc3ccco3)CC2)c(C#N)c2c1COC(C)(C)C2. The van der Waals surface area contributed by atoms with Crippen LogP contribution in [0, 0.1) is 11.3 Å². The highest BCUT2D eigenvalue weighted by Crippen LogP contribution is 2.35. The summed E-state index contributed by atoms with van der Waals surface area (Å²) in [5.74, 6) is 1.64. The van der Waals surface area contributed by atoms with Gasteiger partial charge in [0.1, 0.15) is 17.6 Å². The number of hydrogen-bond acceptors (Lipinski definition) is 7. The lowest BCUT2D eigenvalue weighted by molar-refractivity contribution is -0.130. The van der Waals surface area contributed by atoms with Crippen molar-refractivity contribution >= 4 is 11.7 Å². The zero-order chi connectivity index (χ0) is 22.7. The van der Waals surface area contributed by atoms with Gasteiger partial charge in [0.25, 0.3) is 0 Å². The first-order valence-electron chi connectivity index (χ1n) is 11.3. The van der Waals surface area contributed by atoms with E-state index < -0.39 is 0 Å². The maximum atomic E-state index is 12.6. The number of ether oxygens (including phenoxy) is 1. The molecule has 0 radical (unpaired) electrons. The molecule has 0 atom stereocenters. The topological polar surface area (TPSA) is 94.6 Å². The number of fused-ring (bicyclic) bond motifs is 1. The number of aromatic nitrogens is 1. The molecule has 0 aliphatic carbocycles. The minimum absolute atomic E-state index is 0.0725. The molecule has 2 aliphatic rings. The summed E-state index contributed by atoms with van der Waals surface area (Å²) >= 11 is 0. The fraction of sp³-hybridized carbons (Fsp3) is 0.542. The van der Waals surface area contributed by atoms with E-state index in [-0.39, 0.29) is 18.1 Å². The molecule has 4 rings (SSSR count). The van der Waals surface area contributed by atoms with Crippen LogP contribution >= 0.6 is 0 Å². The predicted octanol–water partition coefficient (Wildman–Crippen LogP) is 2.40. The van der Waals surface area contributed by atoms with E-state index in [9.17, 15) is 10.1 Å². The molecule has 0 unspecified atom stereocenters. The maximum absolute atomic E-state index is 12.6. The van der Waals surface area contributed by atoms with Gasteiger partial charge in [0.2, 0.25) is 5.91 Å². The van der Waals surface area contributed by atoms with Crippen LogP contribution in [0.3, 0.4) is 0 Å². The van der Waals surface area contributed by atoms with Gasteiger partial charge in [0.05, 0.1) is 37.1 Å². The van der Waals surface area contributed by atoms with Crippen molar-refractivity contribution in [3.05, 3.63) is 46.5 Å². The number of nitrogens with one attached hydrogen (secondary N) is 1. The summed E-state index contributed by atoms with van der Waals surface area (Å²) in [6.45, 7) is 10.1.